The SMILES string of the molecule is Cc1ccc(N=Cc2cccc3cc4ccccc4nc23)c(C)c1. The highest BCUT2D eigenvalue weighted by atomic mass is 14.7. The third-order valence-electron chi connectivity index (χ3n) is 4.27. The van der Waals surface area contributed by atoms with E-state index in [0.29, 0.717) is 0 Å². The topological polar surface area (TPSA) is 25.2 Å². The molecule has 0 atom stereocenters. The number of para-hydroxylation sites is 2. The minimum absolute atomic E-state index is 0.990. The maximum Gasteiger partial charge on any atom is 0.0797 e. The summed E-state index contributed by atoms with van der Waals surface area (Å²) in [5.74, 6) is 0. The van der Waals surface area contributed by atoms with E-state index in [0.717, 1.165) is 33.1 Å². The lowest BCUT2D eigenvalue weighted by molar-refractivity contribution is 1.35. The van der Waals surface area contributed by atoms with E-state index in [9.17, 15) is 0 Å². The number of nitrogens with zero attached hydrogens (tertiary/aromatic N) is 2. The maximum atomic E-state index is 4.84. The summed E-state index contributed by atoms with van der Waals surface area (Å²) in [6, 6.07) is 22.9. The summed E-state index contributed by atoms with van der Waals surface area (Å²) in [6.45, 7) is 4.19. The van der Waals surface area contributed by atoms with Crippen molar-refractivity contribution in [3.05, 3.63) is 83.4 Å². The molecule has 2 heteroatoms. The fourth-order valence-electron chi connectivity index (χ4n) is 3.02. The van der Waals surface area contributed by atoms with Gasteiger partial charge in [0.2, 0.25) is 0 Å². The Kier molecular flexibility index (Phi) is 3.58. The van der Waals surface area contributed by atoms with Gasteiger partial charge in [-0.3, -0.25) is 4.99 Å². The predicted molar refractivity (Wildman–Crippen MR) is 102 cm³/mol. The van der Waals surface area contributed by atoms with Crippen molar-refractivity contribution in [2.24, 2.45) is 4.99 Å². The molecule has 0 fully saturated rings. The second-order valence-electron chi connectivity index (χ2n) is 6.15. The van der Waals surface area contributed by atoms with Crippen molar-refractivity contribution in [3.63, 3.8) is 0 Å². The predicted octanol–water partition coefficient (Wildman–Crippen LogP) is 5.76. The van der Waals surface area contributed by atoms with Gasteiger partial charge in [-0.1, -0.05) is 54.1 Å². The summed E-state index contributed by atoms with van der Waals surface area (Å²) in [4.78, 5) is 9.52. The van der Waals surface area contributed by atoms with Gasteiger partial charge in [-0.2, -0.15) is 0 Å². The normalized spacial score (nSPS) is 11.6. The smallest absolute Gasteiger partial charge is 0.0797 e. The summed E-state index contributed by atoms with van der Waals surface area (Å²) in [7, 11) is 0. The number of aromatic nitrogens is 1. The number of hydrogen-bond donors (Lipinski definition) is 0. The molecule has 116 valence electrons. The van der Waals surface area contributed by atoms with Gasteiger partial charge in [-0.25, -0.2) is 4.98 Å². The molecule has 4 rings (SSSR count). The Morgan fingerprint density at radius 3 is 2.54 bits per heavy atom. The van der Waals surface area contributed by atoms with E-state index in [4.69, 9.17) is 4.98 Å². The third-order valence-corrected chi connectivity index (χ3v) is 4.27. The number of fused-ring (bicyclic) bond motifs is 2. The van der Waals surface area contributed by atoms with Crippen LogP contribution in [0.4, 0.5) is 5.69 Å². The van der Waals surface area contributed by atoms with Crippen LogP contribution < -0.4 is 0 Å². The largest absolute Gasteiger partial charge is 0.256 e. The second-order valence-corrected chi connectivity index (χ2v) is 6.15. The number of aliphatic imine (C=N–C) groups is 1. The molecule has 0 spiro atoms. The average molecular weight is 310 g/mol. The Morgan fingerprint density at radius 1 is 0.833 bits per heavy atom. The van der Waals surface area contributed by atoms with Crippen molar-refractivity contribution in [2.45, 2.75) is 13.8 Å². The highest BCUT2D eigenvalue weighted by Crippen LogP contribution is 2.23. The van der Waals surface area contributed by atoms with Crippen LogP contribution in [0.2, 0.25) is 0 Å². The zero-order valence-corrected chi connectivity index (χ0v) is 13.8. The van der Waals surface area contributed by atoms with Crippen molar-refractivity contribution >= 4 is 33.7 Å². The first-order valence-electron chi connectivity index (χ1n) is 8.10. The van der Waals surface area contributed by atoms with E-state index < -0.39 is 0 Å². The zero-order valence-electron chi connectivity index (χ0n) is 13.8. The summed E-state index contributed by atoms with van der Waals surface area (Å²) in [5.41, 5.74) is 6.48. The van der Waals surface area contributed by atoms with E-state index >= 15 is 0 Å². The molecule has 0 radical (unpaired) electrons. The third kappa shape index (κ3) is 2.67. The average Bonchev–Trinajstić information content (AvgIpc) is 2.59. The van der Waals surface area contributed by atoms with Gasteiger partial charge < -0.3 is 0 Å². The molecule has 0 aliphatic carbocycles. The Hall–Kier alpha value is -3.00. The molecule has 1 aromatic heterocycles. The quantitative estimate of drug-likeness (QED) is 0.341. The van der Waals surface area contributed by atoms with Crippen LogP contribution in [-0.2, 0) is 0 Å². The fourth-order valence-corrected chi connectivity index (χ4v) is 3.02. The van der Waals surface area contributed by atoms with Gasteiger partial charge in [-0.05, 0) is 37.6 Å². The fraction of sp³-hybridized carbons (Fsp3) is 0.0909. The molecule has 0 unspecified atom stereocenters. The van der Waals surface area contributed by atoms with E-state index in [2.05, 4.69) is 67.4 Å². The first-order valence-corrected chi connectivity index (χ1v) is 8.10. The minimum atomic E-state index is 0.990. The molecule has 0 amide bonds. The summed E-state index contributed by atoms with van der Waals surface area (Å²) in [6.07, 6.45) is 1.92. The van der Waals surface area contributed by atoms with Crippen LogP contribution in [0.25, 0.3) is 21.8 Å². The molecule has 0 aliphatic heterocycles. The highest BCUT2D eigenvalue weighted by Gasteiger charge is 2.03. The second kappa shape index (κ2) is 5.89. The molecule has 0 bridgehead atoms. The first kappa shape index (κ1) is 14.6. The zero-order chi connectivity index (χ0) is 16.5. The van der Waals surface area contributed by atoms with Crippen LogP contribution in [0.5, 0.6) is 0 Å². The summed E-state index contributed by atoms with van der Waals surface area (Å²) >= 11 is 0. The van der Waals surface area contributed by atoms with Gasteiger partial charge in [0.25, 0.3) is 0 Å². The molecule has 2 nitrogen and oxygen atoms in total. The van der Waals surface area contributed by atoms with Crippen LogP contribution >= 0.6 is 0 Å². The summed E-state index contributed by atoms with van der Waals surface area (Å²) in [5, 5.41) is 2.30. The monoisotopic (exact) mass is 310 g/mol. The number of hydrogen-bond acceptors (Lipinski definition) is 2. The number of rotatable bonds is 2. The Bertz CT molecular complexity index is 1080. The van der Waals surface area contributed by atoms with Gasteiger partial charge >= 0.3 is 0 Å². The molecule has 0 saturated heterocycles. The van der Waals surface area contributed by atoms with E-state index in [1.165, 1.54) is 11.1 Å². The van der Waals surface area contributed by atoms with Crippen molar-refractivity contribution in [2.75, 3.05) is 0 Å². The number of benzene rings is 3. The Morgan fingerprint density at radius 2 is 1.67 bits per heavy atom. The van der Waals surface area contributed by atoms with Crippen LogP contribution in [0.1, 0.15) is 16.7 Å². The molecule has 24 heavy (non-hydrogen) atoms. The van der Waals surface area contributed by atoms with Crippen molar-refractivity contribution in [1.29, 1.82) is 0 Å². The first-order chi connectivity index (χ1) is 11.7. The van der Waals surface area contributed by atoms with Crippen LogP contribution in [-0.4, -0.2) is 11.2 Å². The molecular weight excluding hydrogens is 292 g/mol. The van der Waals surface area contributed by atoms with Crippen LogP contribution in [0, 0.1) is 13.8 Å². The van der Waals surface area contributed by atoms with Crippen molar-refractivity contribution < 1.29 is 0 Å². The molecule has 0 aliphatic rings. The van der Waals surface area contributed by atoms with Gasteiger partial charge in [0, 0.05) is 22.6 Å². The Balaban J connectivity index is 1.84. The number of aryl methyl sites for hydroxylation is 2. The van der Waals surface area contributed by atoms with Crippen LogP contribution in [0.15, 0.2) is 71.7 Å². The molecule has 0 N–H and O–H groups in total. The molecule has 4 aromatic rings. The highest BCUT2D eigenvalue weighted by molar-refractivity contribution is 6.02. The molecule has 3 aromatic carbocycles. The van der Waals surface area contributed by atoms with Crippen molar-refractivity contribution in [3.8, 4) is 0 Å². The lowest BCUT2D eigenvalue weighted by Crippen LogP contribution is -1.89. The van der Waals surface area contributed by atoms with E-state index in [1.807, 2.05) is 24.4 Å². The van der Waals surface area contributed by atoms with Gasteiger partial charge in [0.05, 0.1) is 16.7 Å². The van der Waals surface area contributed by atoms with E-state index in [1.54, 1.807) is 0 Å². The molecule has 1 heterocycles. The van der Waals surface area contributed by atoms with E-state index in [-0.39, 0.29) is 0 Å². The molecular formula is C22H18N2. The lowest BCUT2D eigenvalue weighted by atomic mass is 10.1. The maximum absolute atomic E-state index is 4.84. The lowest BCUT2D eigenvalue weighted by Gasteiger charge is -2.05. The minimum Gasteiger partial charge on any atom is -0.256 e. The molecule has 0 saturated carbocycles. The number of pyridine rings is 1. The van der Waals surface area contributed by atoms with Gasteiger partial charge in [0.15, 0.2) is 0 Å². The Labute approximate surface area is 141 Å². The van der Waals surface area contributed by atoms with Gasteiger partial charge in [0.1, 0.15) is 0 Å². The van der Waals surface area contributed by atoms with Crippen molar-refractivity contribution in [1.82, 2.24) is 4.98 Å². The van der Waals surface area contributed by atoms with Crippen LogP contribution in [0.3, 0.4) is 0 Å². The van der Waals surface area contributed by atoms with Gasteiger partial charge in [-0.15, -0.1) is 0 Å². The standard InChI is InChI=1S/C22H18N2/c1-15-10-11-20(16(2)12-15)23-14-19-8-5-7-18-13-17-6-3-4-9-21(17)24-22(18)19/h3-14H,1-2H3. The summed E-state index contributed by atoms with van der Waals surface area (Å²) < 4.78 is 0.